The maximum Gasteiger partial charge on any atom is 0.254 e. The molecule has 35 heavy (non-hydrogen) atoms. The van der Waals surface area contributed by atoms with E-state index in [1.165, 1.54) is 0 Å². The lowest BCUT2D eigenvalue weighted by Crippen LogP contribution is -2.44. The molecule has 1 unspecified atom stereocenters. The Morgan fingerprint density at radius 3 is 2.63 bits per heavy atom. The smallest absolute Gasteiger partial charge is 0.254 e. The van der Waals surface area contributed by atoms with Crippen LogP contribution in [0.3, 0.4) is 0 Å². The van der Waals surface area contributed by atoms with Crippen LogP contribution in [0, 0.1) is 5.92 Å². The zero-order valence-electron chi connectivity index (χ0n) is 19.8. The van der Waals surface area contributed by atoms with Gasteiger partial charge in [0.1, 0.15) is 0 Å². The lowest BCUT2D eigenvalue weighted by atomic mass is 9.94. The predicted octanol–water partition coefficient (Wildman–Crippen LogP) is 4.35. The number of carbonyl (C=O) groups excluding carboxylic acids is 2. The summed E-state index contributed by atoms with van der Waals surface area (Å²) in [5.74, 6) is 1.61. The molecule has 0 aliphatic carbocycles. The quantitative estimate of drug-likeness (QED) is 0.419. The molecular formula is C27H29N5O2S. The van der Waals surface area contributed by atoms with E-state index in [0.717, 1.165) is 40.0 Å². The molecule has 1 aliphatic rings. The summed E-state index contributed by atoms with van der Waals surface area (Å²) in [5.41, 5.74) is 1.49. The molecule has 5 rings (SSSR count). The first-order valence-electron chi connectivity index (χ1n) is 12.0. The van der Waals surface area contributed by atoms with E-state index in [4.69, 9.17) is 0 Å². The molecule has 1 saturated heterocycles. The maximum absolute atomic E-state index is 13.3. The molecule has 1 fully saturated rings. The highest BCUT2D eigenvalue weighted by Crippen LogP contribution is 2.25. The molecule has 8 heteroatoms. The topological polar surface area (TPSA) is 79.6 Å². The number of pyridine rings is 1. The third-order valence-electron chi connectivity index (χ3n) is 6.75. The van der Waals surface area contributed by atoms with Gasteiger partial charge >= 0.3 is 0 Å². The number of piperidine rings is 1. The van der Waals surface area contributed by atoms with Crippen LogP contribution in [-0.4, -0.2) is 56.4 Å². The van der Waals surface area contributed by atoms with Crippen molar-refractivity contribution in [3.63, 3.8) is 0 Å². The maximum atomic E-state index is 13.3. The van der Waals surface area contributed by atoms with Crippen molar-refractivity contribution in [3.8, 4) is 0 Å². The van der Waals surface area contributed by atoms with E-state index in [1.807, 2.05) is 76.2 Å². The number of aromatic nitrogens is 3. The van der Waals surface area contributed by atoms with Crippen LogP contribution in [0.4, 0.5) is 0 Å². The minimum absolute atomic E-state index is 0.0287. The standard InChI is InChI=1S/C27H29N5O2S/c1-35-18-14-23(25-30-29-24-11-4-5-15-32(24)25)28-26(33)20-12-16-31(17-13-20)27(34)22-10-6-8-19-7-2-3-9-21(19)22/h2-11,15,20,23H,12-14,16-18H2,1H3,(H,28,33). The third kappa shape index (κ3) is 4.89. The van der Waals surface area contributed by atoms with Crippen molar-refractivity contribution in [1.82, 2.24) is 24.8 Å². The summed E-state index contributed by atoms with van der Waals surface area (Å²) in [4.78, 5) is 28.4. The number of benzene rings is 2. The first-order valence-corrected chi connectivity index (χ1v) is 13.4. The van der Waals surface area contributed by atoms with Crippen LogP contribution in [0.15, 0.2) is 66.9 Å². The molecule has 2 amide bonds. The SMILES string of the molecule is CSCCC(NC(=O)C1CCN(C(=O)c2cccc3ccccc23)CC1)c1nnc2ccccn12. The summed E-state index contributed by atoms with van der Waals surface area (Å²) in [6.07, 6.45) is 6.07. The number of likely N-dealkylation sites (tertiary alicyclic amines) is 1. The lowest BCUT2D eigenvalue weighted by molar-refractivity contribution is -0.127. The largest absolute Gasteiger partial charge is 0.346 e. The molecule has 0 bridgehead atoms. The number of rotatable bonds is 7. The third-order valence-corrected chi connectivity index (χ3v) is 7.40. The molecule has 2 aromatic carbocycles. The van der Waals surface area contributed by atoms with Gasteiger partial charge in [0.05, 0.1) is 6.04 Å². The van der Waals surface area contributed by atoms with Gasteiger partial charge in [0, 0.05) is 30.8 Å². The molecule has 1 aliphatic heterocycles. The van der Waals surface area contributed by atoms with Crippen molar-refractivity contribution in [2.24, 2.45) is 5.92 Å². The lowest BCUT2D eigenvalue weighted by Gasteiger charge is -2.32. The normalized spacial score (nSPS) is 15.4. The Morgan fingerprint density at radius 1 is 1.03 bits per heavy atom. The monoisotopic (exact) mass is 487 g/mol. The first-order chi connectivity index (χ1) is 17.2. The summed E-state index contributed by atoms with van der Waals surface area (Å²) in [6.45, 7) is 1.15. The second kappa shape index (κ2) is 10.5. The number of carbonyl (C=O) groups is 2. The highest BCUT2D eigenvalue weighted by atomic mass is 32.2. The van der Waals surface area contributed by atoms with Crippen LogP contribution in [0.5, 0.6) is 0 Å². The van der Waals surface area contributed by atoms with Gasteiger partial charge in [0.25, 0.3) is 5.91 Å². The molecule has 7 nitrogen and oxygen atoms in total. The fraction of sp³-hybridized carbons (Fsp3) is 0.333. The number of nitrogens with one attached hydrogen (secondary N) is 1. The van der Waals surface area contributed by atoms with Crippen molar-refractivity contribution in [1.29, 1.82) is 0 Å². The summed E-state index contributed by atoms with van der Waals surface area (Å²) in [7, 11) is 0. The highest BCUT2D eigenvalue weighted by Gasteiger charge is 2.30. The Balaban J connectivity index is 1.25. The summed E-state index contributed by atoms with van der Waals surface area (Å²) >= 11 is 1.74. The summed E-state index contributed by atoms with van der Waals surface area (Å²) < 4.78 is 1.94. The van der Waals surface area contributed by atoms with Crippen molar-refractivity contribution >= 4 is 40.0 Å². The van der Waals surface area contributed by atoms with Crippen LogP contribution in [0.1, 0.15) is 41.5 Å². The Bertz CT molecular complexity index is 1340. The Morgan fingerprint density at radius 2 is 1.80 bits per heavy atom. The minimum Gasteiger partial charge on any atom is -0.346 e. The zero-order valence-corrected chi connectivity index (χ0v) is 20.6. The van der Waals surface area contributed by atoms with Gasteiger partial charge in [0.2, 0.25) is 5.91 Å². The number of nitrogens with zero attached hydrogens (tertiary/aromatic N) is 4. The zero-order chi connectivity index (χ0) is 24.2. The number of hydrogen-bond acceptors (Lipinski definition) is 5. The van der Waals surface area contributed by atoms with E-state index in [1.54, 1.807) is 11.8 Å². The average Bonchev–Trinajstić information content (AvgIpc) is 3.34. The molecule has 180 valence electrons. The molecule has 1 N–H and O–H groups in total. The number of fused-ring (bicyclic) bond motifs is 2. The summed E-state index contributed by atoms with van der Waals surface area (Å²) in [6, 6.07) is 19.4. The molecule has 4 aromatic rings. The fourth-order valence-corrected chi connectivity index (χ4v) is 5.29. The average molecular weight is 488 g/mol. The number of amides is 2. The molecule has 0 saturated carbocycles. The highest BCUT2D eigenvalue weighted by molar-refractivity contribution is 7.98. The second-order valence-corrected chi connectivity index (χ2v) is 9.91. The molecule has 2 aromatic heterocycles. The van der Waals surface area contributed by atoms with E-state index in [2.05, 4.69) is 21.8 Å². The van der Waals surface area contributed by atoms with E-state index >= 15 is 0 Å². The number of thioether (sulfide) groups is 1. The van der Waals surface area contributed by atoms with Gasteiger partial charge in [-0.3, -0.25) is 14.0 Å². The van der Waals surface area contributed by atoms with E-state index in [-0.39, 0.29) is 23.8 Å². The van der Waals surface area contributed by atoms with Crippen LogP contribution in [0.2, 0.25) is 0 Å². The van der Waals surface area contributed by atoms with Gasteiger partial charge in [-0.1, -0.05) is 42.5 Å². The van der Waals surface area contributed by atoms with Gasteiger partial charge in [-0.15, -0.1) is 10.2 Å². The van der Waals surface area contributed by atoms with Crippen molar-refractivity contribution < 1.29 is 9.59 Å². The van der Waals surface area contributed by atoms with E-state index < -0.39 is 0 Å². The van der Waals surface area contributed by atoms with Crippen molar-refractivity contribution in [2.45, 2.75) is 25.3 Å². The van der Waals surface area contributed by atoms with E-state index in [9.17, 15) is 9.59 Å². The van der Waals surface area contributed by atoms with Gasteiger partial charge in [-0.2, -0.15) is 11.8 Å². The van der Waals surface area contributed by atoms with Gasteiger partial charge < -0.3 is 10.2 Å². The second-order valence-electron chi connectivity index (χ2n) is 8.92. The van der Waals surface area contributed by atoms with Crippen LogP contribution in [0.25, 0.3) is 16.4 Å². The molecule has 0 radical (unpaired) electrons. The van der Waals surface area contributed by atoms with E-state index in [0.29, 0.717) is 25.9 Å². The Kier molecular flexibility index (Phi) is 6.99. The van der Waals surface area contributed by atoms with Crippen LogP contribution >= 0.6 is 11.8 Å². The first kappa shape index (κ1) is 23.4. The fourth-order valence-electron chi connectivity index (χ4n) is 4.82. The molecule has 1 atom stereocenters. The molecular weight excluding hydrogens is 458 g/mol. The molecule has 0 spiro atoms. The van der Waals surface area contributed by atoms with Crippen LogP contribution in [-0.2, 0) is 4.79 Å². The molecule has 3 heterocycles. The number of hydrogen-bond donors (Lipinski definition) is 1. The van der Waals surface area contributed by atoms with Crippen molar-refractivity contribution in [3.05, 3.63) is 78.2 Å². The van der Waals surface area contributed by atoms with Gasteiger partial charge in [-0.05, 0) is 60.2 Å². The summed E-state index contributed by atoms with van der Waals surface area (Å²) in [5, 5.41) is 13.9. The Labute approximate surface area is 208 Å². The Hall–Kier alpha value is -3.39. The van der Waals surface area contributed by atoms with Gasteiger partial charge in [0.15, 0.2) is 11.5 Å². The van der Waals surface area contributed by atoms with Crippen molar-refractivity contribution in [2.75, 3.05) is 25.1 Å². The van der Waals surface area contributed by atoms with Crippen LogP contribution < -0.4 is 5.32 Å². The minimum atomic E-state index is -0.206. The predicted molar refractivity (Wildman–Crippen MR) is 139 cm³/mol. The van der Waals surface area contributed by atoms with Gasteiger partial charge in [-0.25, -0.2) is 0 Å².